The molecule has 4 heteroatoms. The molecule has 0 unspecified atom stereocenters. The summed E-state index contributed by atoms with van der Waals surface area (Å²) in [5.41, 5.74) is 3.61. The fourth-order valence-corrected chi connectivity index (χ4v) is 3.30. The molecule has 0 aliphatic carbocycles. The van der Waals surface area contributed by atoms with Gasteiger partial charge in [0.15, 0.2) is 0 Å². The van der Waals surface area contributed by atoms with Crippen molar-refractivity contribution in [3.63, 3.8) is 0 Å². The lowest BCUT2D eigenvalue weighted by molar-refractivity contribution is 0.0711. The molecule has 0 aromatic heterocycles. The van der Waals surface area contributed by atoms with Crippen molar-refractivity contribution in [1.29, 1.82) is 0 Å². The molecule has 0 fully saturated rings. The zero-order valence-corrected chi connectivity index (χ0v) is 15.1. The number of carbonyl (C=O) groups excluding carboxylic acids is 1. The number of amides is 1. The maximum Gasteiger partial charge on any atom is 0.274 e. The summed E-state index contributed by atoms with van der Waals surface area (Å²) in [5, 5.41) is 6.32. The lowest BCUT2D eigenvalue weighted by Crippen LogP contribution is -2.27. The summed E-state index contributed by atoms with van der Waals surface area (Å²) in [5.74, 6) is 0.710. The summed E-state index contributed by atoms with van der Waals surface area (Å²) in [7, 11) is 1.65. The van der Waals surface area contributed by atoms with Crippen LogP contribution in [0, 0.1) is 0 Å². The van der Waals surface area contributed by atoms with Crippen LogP contribution < -0.4 is 4.74 Å². The van der Waals surface area contributed by atoms with Crippen molar-refractivity contribution >= 4 is 11.6 Å². The van der Waals surface area contributed by atoms with Crippen LogP contribution in [0.2, 0.25) is 0 Å². The number of hydrogen-bond donors (Lipinski definition) is 0. The minimum Gasteiger partial charge on any atom is -0.497 e. The Labute approximate surface area is 158 Å². The van der Waals surface area contributed by atoms with Crippen LogP contribution in [0.3, 0.4) is 0 Å². The van der Waals surface area contributed by atoms with Crippen molar-refractivity contribution in [2.45, 2.75) is 12.5 Å². The van der Waals surface area contributed by atoms with Crippen LogP contribution in [-0.2, 0) is 0 Å². The van der Waals surface area contributed by atoms with E-state index in [4.69, 9.17) is 9.84 Å². The Morgan fingerprint density at radius 2 is 1.56 bits per heavy atom. The van der Waals surface area contributed by atoms with Gasteiger partial charge in [0.2, 0.25) is 0 Å². The Balaban J connectivity index is 1.70. The molecule has 0 saturated carbocycles. The van der Waals surface area contributed by atoms with Crippen LogP contribution in [0.4, 0.5) is 0 Å². The molecule has 1 aliphatic heterocycles. The molecular formula is C23H20N2O2. The molecule has 1 atom stereocenters. The van der Waals surface area contributed by atoms with Gasteiger partial charge in [-0.1, -0.05) is 48.5 Å². The molecule has 1 amide bonds. The van der Waals surface area contributed by atoms with E-state index in [1.54, 1.807) is 12.1 Å². The summed E-state index contributed by atoms with van der Waals surface area (Å²) < 4.78 is 5.24. The molecule has 3 aromatic rings. The fourth-order valence-electron chi connectivity index (χ4n) is 3.30. The van der Waals surface area contributed by atoms with E-state index >= 15 is 0 Å². The van der Waals surface area contributed by atoms with E-state index in [0.29, 0.717) is 12.0 Å². The van der Waals surface area contributed by atoms with Crippen molar-refractivity contribution in [1.82, 2.24) is 5.01 Å². The van der Waals surface area contributed by atoms with Crippen LogP contribution in [-0.4, -0.2) is 23.7 Å². The lowest BCUT2D eigenvalue weighted by Gasteiger charge is -2.22. The lowest BCUT2D eigenvalue weighted by atomic mass is 9.98. The van der Waals surface area contributed by atoms with Crippen LogP contribution in [0.15, 0.2) is 90.0 Å². The van der Waals surface area contributed by atoms with Crippen molar-refractivity contribution in [2.75, 3.05) is 7.11 Å². The second-order valence-corrected chi connectivity index (χ2v) is 6.42. The number of nitrogens with zero attached hydrogens (tertiary/aromatic N) is 2. The summed E-state index contributed by atoms with van der Waals surface area (Å²) in [6.07, 6.45) is 0.676. The number of hydrazone groups is 1. The Morgan fingerprint density at radius 1 is 0.926 bits per heavy atom. The first-order chi connectivity index (χ1) is 13.3. The zero-order valence-electron chi connectivity index (χ0n) is 15.1. The topological polar surface area (TPSA) is 41.9 Å². The summed E-state index contributed by atoms with van der Waals surface area (Å²) in [4.78, 5) is 13.1. The van der Waals surface area contributed by atoms with Gasteiger partial charge in [0.05, 0.1) is 18.9 Å². The Bertz CT molecular complexity index is 951. The average molecular weight is 356 g/mol. The first-order valence-electron chi connectivity index (χ1n) is 8.92. The largest absolute Gasteiger partial charge is 0.497 e. The van der Waals surface area contributed by atoms with Gasteiger partial charge in [-0.3, -0.25) is 4.79 Å². The number of methoxy groups -OCH3 is 1. The quantitative estimate of drug-likeness (QED) is 0.681. The molecule has 0 radical (unpaired) electrons. The van der Waals surface area contributed by atoms with Gasteiger partial charge in [-0.05, 0) is 47.5 Å². The molecule has 0 spiro atoms. The highest BCUT2D eigenvalue weighted by Gasteiger charge is 2.33. The summed E-state index contributed by atoms with van der Waals surface area (Å²) >= 11 is 0. The predicted octanol–water partition coefficient (Wildman–Crippen LogP) is 4.69. The molecule has 1 aliphatic rings. The highest BCUT2D eigenvalue weighted by Crippen LogP contribution is 2.34. The van der Waals surface area contributed by atoms with Crippen LogP contribution in [0.1, 0.15) is 33.9 Å². The van der Waals surface area contributed by atoms with E-state index < -0.39 is 0 Å². The normalized spacial score (nSPS) is 16.1. The van der Waals surface area contributed by atoms with Gasteiger partial charge in [-0.15, -0.1) is 0 Å². The van der Waals surface area contributed by atoms with E-state index in [-0.39, 0.29) is 11.9 Å². The smallest absolute Gasteiger partial charge is 0.274 e. The standard InChI is InChI=1S/C23H20N2O2/c1-27-20-14-12-17(13-15-20)21-16-22(18-8-4-2-5-9-18)25(24-21)23(26)19-10-6-3-7-11-19/h2-15,22H,16H2,1H3/t22-/m1/s1. The molecule has 3 aromatic carbocycles. The van der Waals surface area contributed by atoms with Gasteiger partial charge in [0, 0.05) is 12.0 Å². The molecule has 0 bridgehead atoms. The van der Waals surface area contributed by atoms with Crippen molar-refractivity contribution in [3.8, 4) is 5.75 Å². The first kappa shape index (κ1) is 17.0. The second kappa shape index (κ2) is 7.46. The SMILES string of the molecule is COc1ccc(C2=NN(C(=O)c3ccccc3)[C@@H](c3ccccc3)C2)cc1. The molecule has 1 heterocycles. The third kappa shape index (κ3) is 3.47. The molecular weight excluding hydrogens is 336 g/mol. The van der Waals surface area contributed by atoms with Crippen LogP contribution >= 0.6 is 0 Å². The van der Waals surface area contributed by atoms with Crippen molar-refractivity contribution < 1.29 is 9.53 Å². The molecule has 4 nitrogen and oxygen atoms in total. The van der Waals surface area contributed by atoms with Crippen molar-refractivity contribution in [3.05, 3.63) is 102 Å². The van der Waals surface area contributed by atoms with Crippen molar-refractivity contribution in [2.24, 2.45) is 5.10 Å². The monoisotopic (exact) mass is 356 g/mol. The molecule has 0 N–H and O–H groups in total. The number of hydrogen-bond acceptors (Lipinski definition) is 3. The summed E-state index contributed by atoms with van der Waals surface area (Å²) in [6.45, 7) is 0. The Hall–Kier alpha value is -3.40. The molecule has 0 saturated heterocycles. The molecule has 134 valence electrons. The maximum atomic E-state index is 13.1. The molecule has 27 heavy (non-hydrogen) atoms. The first-order valence-corrected chi connectivity index (χ1v) is 8.92. The number of carbonyl (C=O) groups is 1. The van der Waals surface area contributed by atoms with Crippen LogP contribution in [0.25, 0.3) is 0 Å². The van der Waals surface area contributed by atoms with Gasteiger partial charge < -0.3 is 4.74 Å². The minimum absolute atomic E-state index is 0.0898. The van der Waals surface area contributed by atoms with Gasteiger partial charge in [0.25, 0.3) is 5.91 Å². The van der Waals surface area contributed by atoms with E-state index in [0.717, 1.165) is 22.6 Å². The van der Waals surface area contributed by atoms with Crippen LogP contribution in [0.5, 0.6) is 5.75 Å². The third-order valence-corrected chi connectivity index (χ3v) is 4.75. The fraction of sp³-hybridized carbons (Fsp3) is 0.130. The van der Waals surface area contributed by atoms with Gasteiger partial charge >= 0.3 is 0 Å². The Kier molecular flexibility index (Phi) is 4.71. The van der Waals surface area contributed by atoms with E-state index in [1.165, 1.54) is 0 Å². The number of ether oxygens (including phenoxy) is 1. The number of rotatable bonds is 4. The third-order valence-electron chi connectivity index (χ3n) is 4.75. The van der Waals surface area contributed by atoms with Gasteiger partial charge in [0.1, 0.15) is 5.75 Å². The van der Waals surface area contributed by atoms with E-state index in [1.807, 2.05) is 84.9 Å². The number of benzene rings is 3. The minimum atomic E-state index is -0.115. The predicted molar refractivity (Wildman–Crippen MR) is 106 cm³/mol. The van der Waals surface area contributed by atoms with Gasteiger partial charge in [-0.25, -0.2) is 5.01 Å². The zero-order chi connectivity index (χ0) is 18.6. The highest BCUT2D eigenvalue weighted by molar-refractivity contribution is 6.05. The average Bonchev–Trinajstić information content (AvgIpc) is 3.20. The Morgan fingerprint density at radius 3 is 2.19 bits per heavy atom. The summed E-state index contributed by atoms with van der Waals surface area (Å²) in [6, 6.07) is 27.0. The highest BCUT2D eigenvalue weighted by atomic mass is 16.5. The van der Waals surface area contributed by atoms with E-state index in [2.05, 4.69) is 0 Å². The van der Waals surface area contributed by atoms with Gasteiger partial charge in [-0.2, -0.15) is 5.10 Å². The maximum absolute atomic E-state index is 13.1. The second-order valence-electron chi connectivity index (χ2n) is 6.42. The molecule has 4 rings (SSSR count). The van der Waals surface area contributed by atoms with E-state index in [9.17, 15) is 4.79 Å².